The fourth-order valence-electron chi connectivity index (χ4n) is 5.24. The Morgan fingerprint density at radius 3 is 2.27 bits per heavy atom. The Morgan fingerprint density at radius 1 is 0.703 bits per heavy atom. The van der Waals surface area contributed by atoms with Crippen LogP contribution in [0.25, 0.3) is 55.3 Å². The second-order valence-electron chi connectivity index (χ2n) is 12.4. The Labute approximate surface area is 218 Å². The molecule has 37 heavy (non-hydrogen) atoms. The molecule has 3 heteroatoms. The molecular weight excluding hydrogens is 454 g/mol. The van der Waals surface area contributed by atoms with Crippen molar-refractivity contribution in [3.05, 3.63) is 90.3 Å². The van der Waals surface area contributed by atoms with Crippen molar-refractivity contribution in [3.8, 4) is 22.6 Å². The van der Waals surface area contributed by atoms with Crippen LogP contribution in [0.15, 0.2) is 87.8 Å². The molecule has 0 aliphatic carbocycles. The number of aromatic nitrogens is 1. The van der Waals surface area contributed by atoms with Crippen LogP contribution in [0.5, 0.6) is 0 Å². The van der Waals surface area contributed by atoms with Gasteiger partial charge in [0.1, 0.15) is 22.8 Å². The van der Waals surface area contributed by atoms with Gasteiger partial charge in [-0.3, -0.25) is 4.98 Å². The highest BCUT2D eigenvalue weighted by molar-refractivity contribution is 5.97. The van der Waals surface area contributed by atoms with E-state index in [9.17, 15) is 0 Å². The number of hydrogen-bond donors (Lipinski definition) is 0. The number of pyridine rings is 1. The first-order valence-electron chi connectivity index (χ1n) is 13.0. The molecule has 0 amide bonds. The maximum absolute atomic E-state index is 6.52. The minimum absolute atomic E-state index is 0.00365. The van der Waals surface area contributed by atoms with Gasteiger partial charge >= 0.3 is 0 Å². The van der Waals surface area contributed by atoms with Gasteiger partial charge in [-0.05, 0) is 75.7 Å². The van der Waals surface area contributed by atoms with Crippen LogP contribution in [0.2, 0.25) is 0 Å². The number of rotatable bonds is 3. The number of nitrogens with zero attached hydrogens (tertiary/aromatic N) is 1. The first kappa shape index (κ1) is 23.5. The molecule has 0 aliphatic rings. The molecule has 3 heterocycles. The summed E-state index contributed by atoms with van der Waals surface area (Å²) in [5.41, 5.74) is 6.19. The van der Waals surface area contributed by atoms with Gasteiger partial charge in [0, 0.05) is 34.5 Å². The smallest absolute Gasteiger partial charge is 0.161 e. The predicted molar refractivity (Wildman–Crippen MR) is 154 cm³/mol. The van der Waals surface area contributed by atoms with Crippen molar-refractivity contribution < 1.29 is 8.83 Å². The first-order chi connectivity index (χ1) is 17.5. The molecule has 6 aromatic rings. The van der Waals surface area contributed by atoms with Gasteiger partial charge < -0.3 is 8.83 Å². The lowest BCUT2D eigenvalue weighted by atomic mass is 9.82. The van der Waals surface area contributed by atoms with E-state index in [-0.39, 0.29) is 10.8 Å². The Morgan fingerprint density at radius 2 is 1.49 bits per heavy atom. The zero-order chi connectivity index (χ0) is 25.9. The minimum atomic E-state index is 0.00365. The summed E-state index contributed by atoms with van der Waals surface area (Å²) < 4.78 is 12.6. The lowest BCUT2D eigenvalue weighted by molar-refractivity contribution is 0.370. The molecule has 186 valence electrons. The third-order valence-electron chi connectivity index (χ3n) is 6.93. The molecule has 0 spiro atoms. The monoisotopic (exact) mass is 487 g/mol. The fourth-order valence-corrected chi connectivity index (χ4v) is 5.24. The maximum Gasteiger partial charge on any atom is 0.161 e. The fraction of sp³-hybridized carbons (Fsp3) is 0.265. The van der Waals surface area contributed by atoms with Gasteiger partial charge in [0.05, 0.1) is 0 Å². The molecule has 0 bridgehead atoms. The van der Waals surface area contributed by atoms with E-state index < -0.39 is 0 Å². The van der Waals surface area contributed by atoms with Crippen LogP contribution in [0.3, 0.4) is 0 Å². The van der Waals surface area contributed by atoms with Gasteiger partial charge in [-0.1, -0.05) is 65.8 Å². The summed E-state index contributed by atoms with van der Waals surface area (Å²) in [6, 6.07) is 25.7. The van der Waals surface area contributed by atoms with Gasteiger partial charge in [-0.15, -0.1) is 0 Å². The normalized spacial score (nSPS) is 12.7. The van der Waals surface area contributed by atoms with Gasteiger partial charge in [-0.2, -0.15) is 0 Å². The van der Waals surface area contributed by atoms with Crippen LogP contribution < -0.4 is 0 Å². The Bertz CT molecular complexity index is 1770. The van der Waals surface area contributed by atoms with Crippen molar-refractivity contribution in [1.29, 1.82) is 0 Å². The standard InChI is InChI=1S/C34H33NO2/c1-33(2,3)20-26-17-24-16-22(11-12-29(24)36-26)30-19-23-13-14-35-31(32(23)37-30)25-15-21-9-7-8-10-27(21)28(18-25)34(4,5)6/h7-19H,20H2,1-6H3. The van der Waals surface area contributed by atoms with Gasteiger partial charge in [-0.25, -0.2) is 0 Å². The summed E-state index contributed by atoms with van der Waals surface area (Å²) in [4.78, 5) is 4.79. The van der Waals surface area contributed by atoms with Crippen LogP contribution in [0.1, 0.15) is 52.9 Å². The summed E-state index contributed by atoms with van der Waals surface area (Å²) in [7, 11) is 0. The predicted octanol–water partition coefficient (Wildman–Crippen LogP) is 9.95. The van der Waals surface area contributed by atoms with E-state index in [4.69, 9.17) is 13.8 Å². The van der Waals surface area contributed by atoms with Gasteiger partial charge in [0.25, 0.3) is 0 Å². The molecule has 3 aromatic carbocycles. The first-order valence-corrected chi connectivity index (χ1v) is 13.0. The number of benzene rings is 3. The van der Waals surface area contributed by atoms with E-state index in [1.54, 1.807) is 0 Å². The lowest BCUT2D eigenvalue weighted by Crippen LogP contribution is -2.12. The minimum Gasteiger partial charge on any atom is -0.461 e. The van der Waals surface area contributed by atoms with Crippen molar-refractivity contribution in [2.75, 3.05) is 0 Å². The molecule has 0 fully saturated rings. The number of fused-ring (bicyclic) bond motifs is 3. The topological polar surface area (TPSA) is 39.2 Å². The number of hydrogen-bond acceptors (Lipinski definition) is 3. The SMILES string of the molecule is CC(C)(C)Cc1cc2cc(-c3cc4ccnc(-c5cc(C(C)(C)C)c6ccccc6c5)c4o3)ccc2o1. The molecule has 0 saturated heterocycles. The Hall–Kier alpha value is -3.85. The maximum atomic E-state index is 6.52. The molecule has 0 saturated carbocycles. The molecule has 3 aromatic heterocycles. The molecule has 3 nitrogen and oxygen atoms in total. The Kier molecular flexibility index (Phi) is 5.31. The molecule has 0 unspecified atom stereocenters. The third kappa shape index (κ3) is 4.44. The lowest BCUT2D eigenvalue weighted by Gasteiger charge is -2.22. The van der Waals surface area contributed by atoms with Crippen LogP contribution in [0.4, 0.5) is 0 Å². The Balaban J connectivity index is 1.46. The van der Waals surface area contributed by atoms with Crippen molar-refractivity contribution in [2.24, 2.45) is 5.41 Å². The van der Waals surface area contributed by atoms with Crippen molar-refractivity contribution >= 4 is 32.7 Å². The molecule has 6 rings (SSSR count). The average molecular weight is 488 g/mol. The summed E-state index contributed by atoms with van der Waals surface area (Å²) in [6.07, 6.45) is 2.78. The van der Waals surface area contributed by atoms with Crippen LogP contribution in [-0.2, 0) is 11.8 Å². The van der Waals surface area contributed by atoms with Crippen molar-refractivity contribution in [2.45, 2.75) is 53.4 Å². The highest BCUT2D eigenvalue weighted by Crippen LogP contribution is 2.39. The average Bonchev–Trinajstić information content (AvgIpc) is 3.44. The van der Waals surface area contributed by atoms with Crippen LogP contribution in [0, 0.1) is 5.41 Å². The summed E-state index contributed by atoms with van der Waals surface area (Å²) in [6.45, 7) is 13.5. The van der Waals surface area contributed by atoms with Crippen LogP contribution in [-0.4, -0.2) is 4.98 Å². The molecule has 0 N–H and O–H groups in total. The van der Waals surface area contributed by atoms with E-state index in [1.807, 2.05) is 18.3 Å². The second-order valence-corrected chi connectivity index (χ2v) is 12.4. The summed E-state index contributed by atoms with van der Waals surface area (Å²) >= 11 is 0. The van der Waals surface area contributed by atoms with Crippen molar-refractivity contribution in [3.63, 3.8) is 0 Å². The van der Waals surface area contributed by atoms with E-state index in [2.05, 4.69) is 102 Å². The molecule has 0 atom stereocenters. The highest BCUT2D eigenvalue weighted by Gasteiger charge is 2.21. The molecule has 0 radical (unpaired) electrons. The number of furan rings is 2. The quantitative estimate of drug-likeness (QED) is 0.249. The summed E-state index contributed by atoms with van der Waals surface area (Å²) in [5, 5.41) is 4.64. The van der Waals surface area contributed by atoms with E-state index >= 15 is 0 Å². The van der Waals surface area contributed by atoms with Gasteiger partial charge in [0.15, 0.2) is 5.58 Å². The molecule has 0 aliphatic heterocycles. The van der Waals surface area contributed by atoms with E-state index in [0.29, 0.717) is 0 Å². The van der Waals surface area contributed by atoms with E-state index in [1.165, 1.54) is 16.3 Å². The van der Waals surface area contributed by atoms with Gasteiger partial charge in [0.2, 0.25) is 0 Å². The largest absolute Gasteiger partial charge is 0.461 e. The second kappa shape index (κ2) is 8.34. The third-order valence-corrected chi connectivity index (χ3v) is 6.93. The zero-order valence-electron chi connectivity index (χ0n) is 22.5. The molecular formula is C34H33NO2. The van der Waals surface area contributed by atoms with Crippen LogP contribution >= 0.6 is 0 Å². The summed E-state index contributed by atoms with van der Waals surface area (Å²) in [5.74, 6) is 1.85. The zero-order valence-corrected chi connectivity index (χ0v) is 22.5. The van der Waals surface area contributed by atoms with Crippen molar-refractivity contribution in [1.82, 2.24) is 4.98 Å². The highest BCUT2D eigenvalue weighted by atomic mass is 16.3. The van der Waals surface area contributed by atoms with E-state index in [0.717, 1.165) is 56.7 Å².